The van der Waals surface area contributed by atoms with Crippen LogP contribution in [0.15, 0.2) is 43.0 Å². The molecule has 7 rings (SSSR count). The summed E-state index contributed by atoms with van der Waals surface area (Å²) in [6.07, 6.45) is 10.2. The highest BCUT2D eigenvalue weighted by Crippen LogP contribution is 2.44. The molecule has 10 heteroatoms. The van der Waals surface area contributed by atoms with Gasteiger partial charge in [0.05, 0.1) is 29.2 Å². The number of thiophene rings is 1. The number of amides is 1. The van der Waals surface area contributed by atoms with Gasteiger partial charge in [-0.1, -0.05) is 0 Å². The quantitative estimate of drug-likeness (QED) is 0.429. The zero-order valence-electron chi connectivity index (χ0n) is 18.9. The van der Waals surface area contributed by atoms with Crippen LogP contribution in [0.2, 0.25) is 0 Å². The highest BCUT2D eigenvalue weighted by atomic mass is 32.1. The van der Waals surface area contributed by atoms with Gasteiger partial charge in [-0.15, -0.1) is 11.3 Å². The van der Waals surface area contributed by atoms with Crippen LogP contribution >= 0.6 is 11.3 Å². The fraction of sp³-hybridized carbons (Fsp3) is 0.360. The zero-order valence-corrected chi connectivity index (χ0v) is 19.7. The molecule has 4 aromatic heterocycles. The summed E-state index contributed by atoms with van der Waals surface area (Å²) in [4.78, 5) is 26.8. The number of hydrogen-bond acceptors (Lipinski definition) is 8. The van der Waals surface area contributed by atoms with Crippen molar-refractivity contribution in [1.29, 1.82) is 5.41 Å². The molecule has 1 aliphatic carbocycles. The van der Waals surface area contributed by atoms with Gasteiger partial charge in [-0.05, 0) is 48.9 Å². The average molecular weight is 486 g/mol. The summed E-state index contributed by atoms with van der Waals surface area (Å²) in [6.45, 7) is 1.07. The fourth-order valence-electron chi connectivity index (χ4n) is 5.86. The summed E-state index contributed by atoms with van der Waals surface area (Å²) >= 11 is 1.67. The first-order valence-corrected chi connectivity index (χ1v) is 12.6. The smallest absolute Gasteiger partial charge is 0.226 e. The molecule has 4 aromatic rings. The molecule has 9 nitrogen and oxygen atoms in total. The Morgan fingerprint density at radius 3 is 3.20 bits per heavy atom. The van der Waals surface area contributed by atoms with E-state index in [1.807, 2.05) is 33.8 Å². The van der Waals surface area contributed by atoms with Gasteiger partial charge in [0.1, 0.15) is 17.0 Å². The van der Waals surface area contributed by atoms with Crippen molar-refractivity contribution in [3.05, 3.63) is 53.4 Å². The normalized spacial score (nSPS) is 25.1. The van der Waals surface area contributed by atoms with Crippen molar-refractivity contribution in [3.63, 3.8) is 0 Å². The minimum Gasteiger partial charge on any atom is -0.373 e. The molecule has 1 amide bonds. The molecular formula is C25H23N7O2S. The van der Waals surface area contributed by atoms with Gasteiger partial charge >= 0.3 is 0 Å². The second-order valence-corrected chi connectivity index (χ2v) is 10.6. The maximum atomic E-state index is 13.6. The molecule has 2 aliphatic heterocycles. The molecule has 176 valence electrons. The lowest BCUT2D eigenvalue weighted by molar-refractivity contribution is -0.143. The molecule has 0 radical (unpaired) electrons. The van der Waals surface area contributed by atoms with Crippen LogP contribution in [-0.4, -0.2) is 61.1 Å². The predicted molar refractivity (Wildman–Crippen MR) is 133 cm³/mol. The lowest BCUT2D eigenvalue weighted by Crippen LogP contribution is -2.53. The van der Waals surface area contributed by atoms with E-state index >= 15 is 0 Å². The number of aryl methyl sites for hydroxylation is 1. The molecule has 0 spiro atoms. The van der Waals surface area contributed by atoms with Gasteiger partial charge in [-0.2, -0.15) is 5.10 Å². The van der Waals surface area contributed by atoms with Crippen molar-refractivity contribution in [2.75, 3.05) is 18.5 Å². The fourth-order valence-corrected chi connectivity index (χ4v) is 7.13. The largest absolute Gasteiger partial charge is 0.373 e. The molecule has 2 N–H and O–H groups in total. The van der Waals surface area contributed by atoms with Crippen molar-refractivity contribution in [2.24, 2.45) is 5.92 Å². The first-order chi connectivity index (χ1) is 17.1. The molecule has 1 unspecified atom stereocenters. The van der Waals surface area contributed by atoms with E-state index in [1.54, 1.807) is 29.9 Å². The number of pyridine rings is 1. The summed E-state index contributed by atoms with van der Waals surface area (Å²) < 4.78 is 7.60. The zero-order chi connectivity index (χ0) is 23.6. The second-order valence-electron chi connectivity index (χ2n) is 9.57. The molecule has 2 saturated heterocycles. The lowest BCUT2D eigenvalue weighted by Gasteiger charge is -2.38. The van der Waals surface area contributed by atoms with Gasteiger partial charge in [0.15, 0.2) is 0 Å². The van der Waals surface area contributed by atoms with Crippen LogP contribution in [0.25, 0.3) is 15.7 Å². The Bertz CT molecular complexity index is 1540. The van der Waals surface area contributed by atoms with Crippen LogP contribution in [0.3, 0.4) is 0 Å². The molecule has 0 aromatic carbocycles. The third-order valence-electron chi connectivity index (χ3n) is 7.54. The van der Waals surface area contributed by atoms with Crippen LogP contribution < -0.4 is 5.32 Å². The van der Waals surface area contributed by atoms with Crippen molar-refractivity contribution < 1.29 is 9.53 Å². The molecule has 0 saturated carbocycles. The number of ether oxygens (including phenoxy) is 1. The van der Waals surface area contributed by atoms with Gasteiger partial charge in [0, 0.05) is 47.9 Å². The van der Waals surface area contributed by atoms with E-state index in [9.17, 15) is 4.79 Å². The molecule has 2 bridgehead atoms. The Morgan fingerprint density at radius 2 is 2.31 bits per heavy atom. The summed E-state index contributed by atoms with van der Waals surface area (Å²) in [6, 6.07) is 5.98. The van der Waals surface area contributed by atoms with Crippen molar-refractivity contribution in [1.82, 2.24) is 24.5 Å². The molecular weight excluding hydrogens is 462 g/mol. The average Bonchev–Trinajstić information content (AvgIpc) is 3.64. The highest BCUT2D eigenvalue weighted by Gasteiger charge is 2.53. The monoisotopic (exact) mass is 485 g/mol. The van der Waals surface area contributed by atoms with Crippen LogP contribution in [0.4, 0.5) is 11.5 Å². The van der Waals surface area contributed by atoms with E-state index in [1.165, 1.54) is 10.4 Å². The number of carbonyl (C=O) groups is 1. The van der Waals surface area contributed by atoms with Gasteiger partial charge in [0.2, 0.25) is 5.91 Å². The lowest BCUT2D eigenvalue weighted by atomic mass is 9.86. The standard InChI is InChI=1S/C25H23N7O2S/c26-6-5-25-11-18(34-13-25)12-31(25)24(33)15-1-2-19-20(9-15)35-23-21(19)22(27-14-28-23)30-16-4-8-32-17(10-16)3-7-29-32/h3-5,7-8,10,14-15,18,26H,1-2,9,11-13H2,(H,27,28,30)/t15-,18-,25?/m0/s1. The number of aromatic nitrogens is 4. The number of carbonyl (C=O) groups excluding carboxylic acids is 1. The van der Waals surface area contributed by atoms with Crippen molar-refractivity contribution >= 4 is 50.4 Å². The van der Waals surface area contributed by atoms with Crippen LogP contribution in [0.5, 0.6) is 0 Å². The molecule has 3 atom stereocenters. The predicted octanol–water partition coefficient (Wildman–Crippen LogP) is 3.36. The number of anilines is 2. The molecule has 6 heterocycles. The molecule has 2 fully saturated rings. The summed E-state index contributed by atoms with van der Waals surface area (Å²) in [7, 11) is 0. The number of nitrogens with zero attached hydrogens (tertiary/aromatic N) is 5. The second kappa shape index (κ2) is 7.71. The van der Waals surface area contributed by atoms with Crippen LogP contribution in [0, 0.1) is 11.3 Å². The van der Waals surface area contributed by atoms with Crippen molar-refractivity contribution in [2.45, 2.75) is 37.3 Å². The highest BCUT2D eigenvalue weighted by molar-refractivity contribution is 7.19. The number of rotatable bonds is 4. The number of morpholine rings is 1. The summed E-state index contributed by atoms with van der Waals surface area (Å²) in [5, 5.41) is 16.3. The maximum absolute atomic E-state index is 13.6. The van der Waals surface area contributed by atoms with Crippen molar-refractivity contribution in [3.8, 4) is 0 Å². The van der Waals surface area contributed by atoms with E-state index in [0.29, 0.717) is 19.6 Å². The van der Waals surface area contributed by atoms with E-state index in [-0.39, 0.29) is 17.9 Å². The van der Waals surface area contributed by atoms with E-state index in [2.05, 4.69) is 26.3 Å². The van der Waals surface area contributed by atoms with E-state index < -0.39 is 5.54 Å². The maximum Gasteiger partial charge on any atom is 0.226 e. The minimum atomic E-state index is -0.497. The van der Waals surface area contributed by atoms with E-state index in [4.69, 9.17) is 10.1 Å². The summed E-state index contributed by atoms with van der Waals surface area (Å²) in [5.41, 5.74) is 2.70. The third-order valence-corrected chi connectivity index (χ3v) is 8.70. The molecule has 3 aliphatic rings. The Labute approximate surface area is 204 Å². The summed E-state index contributed by atoms with van der Waals surface area (Å²) in [5.74, 6) is 3.31. The van der Waals surface area contributed by atoms with Crippen LogP contribution in [0.1, 0.15) is 23.3 Å². The molecule has 35 heavy (non-hydrogen) atoms. The number of fused-ring (bicyclic) bond motifs is 6. The minimum absolute atomic E-state index is 0.0673. The number of likely N-dealkylation sites (tertiary alicyclic amines) is 1. The van der Waals surface area contributed by atoms with Crippen LogP contribution in [-0.2, 0) is 22.4 Å². The van der Waals surface area contributed by atoms with Gasteiger partial charge in [-0.3, -0.25) is 10.2 Å². The number of hydrogen-bond donors (Lipinski definition) is 2. The SMILES string of the molecule is N=C=CC12CO[C@H](CN1C(=O)[C@H]1CCc3c(sc4ncnc(Nc5ccn6nccc6c5)c34)C1)C2. The van der Waals surface area contributed by atoms with Gasteiger partial charge in [0.25, 0.3) is 0 Å². The van der Waals surface area contributed by atoms with E-state index in [0.717, 1.165) is 46.5 Å². The van der Waals surface area contributed by atoms with Gasteiger partial charge < -0.3 is 15.0 Å². The number of nitrogens with one attached hydrogen (secondary N) is 2. The first-order valence-electron chi connectivity index (χ1n) is 11.8. The topological polar surface area (TPSA) is 108 Å². The Kier molecular flexibility index (Phi) is 4.57. The van der Waals surface area contributed by atoms with Gasteiger partial charge in [-0.25, -0.2) is 14.5 Å². The Morgan fingerprint density at radius 1 is 1.37 bits per heavy atom. The third kappa shape index (κ3) is 3.21. The first kappa shape index (κ1) is 20.8. The Hall–Kier alpha value is -3.59. The Balaban J connectivity index is 1.18.